The van der Waals surface area contributed by atoms with E-state index in [1.807, 2.05) is 6.26 Å². The molecule has 0 saturated carbocycles. The van der Waals surface area contributed by atoms with Crippen molar-refractivity contribution in [1.82, 2.24) is 5.32 Å². The summed E-state index contributed by atoms with van der Waals surface area (Å²) in [5.41, 5.74) is 6.55. The third kappa shape index (κ3) is 15.0. The molecule has 0 radical (unpaired) electrons. The van der Waals surface area contributed by atoms with Gasteiger partial charge in [0, 0.05) is 19.0 Å². The van der Waals surface area contributed by atoms with E-state index >= 15 is 0 Å². The van der Waals surface area contributed by atoms with Crippen LogP contribution in [-0.4, -0.2) is 36.4 Å². The van der Waals surface area contributed by atoms with Gasteiger partial charge in [0.15, 0.2) is 5.75 Å². The normalized spacial score (nSPS) is 11.3. The number of halogens is 2. The Kier molecular flexibility index (Phi) is 19.9. The molecule has 7 nitrogen and oxygen atoms in total. The summed E-state index contributed by atoms with van der Waals surface area (Å²) >= 11 is 13.2. The van der Waals surface area contributed by atoms with E-state index in [0.717, 1.165) is 12.8 Å². The van der Waals surface area contributed by atoms with Gasteiger partial charge in [0.2, 0.25) is 5.91 Å². The lowest BCUT2D eigenvalue weighted by molar-refractivity contribution is -0.145. The molecule has 0 aliphatic heterocycles. The molecular weight excluding hydrogens is 473 g/mol. The maximum atomic E-state index is 11.6. The lowest BCUT2D eigenvalue weighted by Gasteiger charge is -2.13. The average Bonchev–Trinajstić information content (AvgIpc) is 2.77. The van der Waals surface area contributed by atoms with Gasteiger partial charge in [-0.2, -0.15) is 5.26 Å². The third-order valence-electron chi connectivity index (χ3n) is 3.73. The van der Waals surface area contributed by atoms with Crippen LogP contribution in [-0.2, 0) is 14.3 Å². The molecule has 0 fully saturated rings. The van der Waals surface area contributed by atoms with Crippen molar-refractivity contribution in [3.63, 3.8) is 0 Å². The highest BCUT2D eigenvalue weighted by molar-refractivity contribution is 8.01. The number of aromatic hydroxyl groups is 1. The van der Waals surface area contributed by atoms with Crippen molar-refractivity contribution in [2.24, 2.45) is 11.7 Å². The molecule has 0 spiro atoms. The van der Waals surface area contributed by atoms with Gasteiger partial charge in [0.25, 0.3) is 0 Å². The smallest absolute Gasteiger partial charge is 0.323 e. The van der Waals surface area contributed by atoms with Crippen LogP contribution in [0.1, 0.15) is 51.6 Å². The molecule has 0 bridgehead atoms. The Labute approximate surface area is 205 Å². The summed E-state index contributed by atoms with van der Waals surface area (Å²) in [6.07, 6.45) is 4.10. The molecule has 1 aromatic rings. The number of nitrogens with one attached hydrogen (secondary N) is 1. The van der Waals surface area contributed by atoms with Crippen LogP contribution in [0.25, 0.3) is 0 Å². The number of rotatable bonds is 9. The zero-order chi connectivity index (χ0) is 25.1. The zero-order valence-corrected chi connectivity index (χ0v) is 21.3. The van der Waals surface area contributed by atoms with Crippen LogP contribution in [0.3, 0.4) is 0 Å². The molecule has 0 heterocycles. The van der Waals surface area contributed by atoms with Crippen molar-refractivity contribution in [3.05, 3.63) is 39.7 Å². The van der Waals surface area contributed by atoms with Crippen LogP contribution >= 0.6 is 35.0 Å². The van der Waals surface area contributed by atoms with Crippen LogP contribution in [0.4, 0.5) is 0 Å². The number of hydrogen-bond acceptors (Lipinski definition) is 7. The molecule has 2 atom stereocenters. The maximum Gasteiger partial charge on any atom is 0.323 e. The number of nitriles is 1. The Hall–Kier alpha value is -1.92. The quantitative estimate of drug-likeness (QED) is 0.310. The molecule has 1 aromatic carbocycles. The van der Waals surface area contributed by atoms with E-state index in [2.05, 4.69) is 23.6 Å². The van der Waals surface area contributed by atoms with Gasteiger partial charge in [-0.25, -0.2) is 0 Å². The number of phenols is 1. The lowest BCUT2D eigenvalue weighted by atomic mass is 10.0. The van der Waals surface area contributed by atoms with E-state index < -0.39 is 17.9 Å². The number of amides is 1. The van der Waals surface area contributed by atoms with E-state index in [-0.39, 0.29) is 28.1 Å². The monoisotopic (exact) mass is 505 g/mol. The summed E-state index contributed by atoms with van der Waals surface area (Å²) in [5.74, 6) is -1.36. The predicted octanol–water partition coefficient (Wildman–Crippen LogP) is 5.21. The molecule has 4 N–H and O–H groups in total. The molecule has 2 unspecified atom stereocenters. The van der Waals surface area contributed by atoms with Gasteiger partial charge < -0.3 is 20.9 Å². The van der Waals surface area contributed by atoms with E-state index in [9.17, 15) is 14.7 Å². The number of phenolic OH excluding ortho intramolecular Hbond substituents is 1. The minimum Gasteiger partial charge on any atom is -0.505 e. The molecular formula is C22H33Cl2N3O4S. The first kappa shape index (κ1) is 32.3. The Bertz CT molecular complexity index is 734. The number of nitrogens with zero attached hydrogens (tertiary/aromatic N) is 1. The number of carbonyl (C=O) groups is 2. The van der Waals surface area contributed by atoms with Crippen LogP contribution in [0, 0.1) is 17.2 Å². The number of unbranched alkanes of at least 4 members (excludes halogenated alkanes) is 1. The Morgan fingerprint density at radius 1 is 1.38 bits per heavy atom. The Morgan fingerprint density at radius 3 is 2.31 bits per heavy atom. The van der Waals surface area contributed by atoms with Crippen molar-refractivity contribution in [3.8, 4) is 11.8 Å². The molecule has 1 rings (SSSR count). The van der Waals surface area contributed by atoms with Gasteiger partial charge in [-0.1, -0.05) is 43.1 Å². The van der Waals surface area contributed by atoms with Gasteiger partial charge >= 0.3 is 5.97 Å². The van der Waals surface area contributed by atoms with Crippen molar-refractivity contribution in [2.45, 2.75) is 46.1 Å². The highest BCUT2D eigenvalue weighted by Crippen LogP contribution is 2.34. The van der Waals surface area contributed by atoms with Crippen LogP contribution in [0.2, 0.25) is 10.0 Å². The highest BCUT2D eigenvalue weighted by Gasteiger charge is 2.15. The zero-order valence-electron chi connectivity index (χ0n) is 19.0. The fourth-order valence-electron chi connectivity index (χ4n) is 1.91. The van der Waals surface area contributed by atoms with E-state index in [1.54, 1.807) is 30.2 Å². The summed E-state index contributed by atoms with van der Waals surface area (Å²) in [7, 11) is 0. The summed E-state index contributed by atoms with van der Waals surface area (Å²) in [4.78, 5) is 22.2. The van der Waals surface area contributed by atoms with Gasteiger partial charge in [0.1, 0.15) is 5.92 Å². The minimum absolute atomic E-state index is 0.110. The summed E-state index contributed by atoms with van der Waals surface area (Å²) in [6.45, 7) is 9.71. The lowest BCUT2D eigenvalue weighted by Crippen LogP contribution is -2.28. The number of benzene rings is 1. The largest absolute Gasteiger partial charge is 0.505 e. The Morgan fingerprint density at radius 2 is 1.91 bits per heavy atom. The highest BCUT2D eigenvalue weighted by atomic mass is 35.5. The number of esters is 1. The number of carbonyl (C=O) groups excluding carboxylic acids is 2. The van der Waals surface area contributed by atoms with Gasteiger partial charge in [-0.3, -0.25) is 9.59 Å². The third-order valence-corrected chi connectivity index (χ3v) is 4.64. The number of thioether (sulfide) groups is 1. The van der Waals surface area contributed by atoms with Gasteiger partial charge in [-0.05, 0) is 49.6 Å². The van der Waals surface area contributed by atoms with Crippen molar-refractivity contribution < 1.29 is 19.4 Å². The second-order valence-electron chi connectivity index (χ2n) is 6.35. The first-order valence-electron chi connectivity index (χ1n) is 9.99. The van der Waals surface area contributed by atoms with E-state index in [1.165, 1.54) is 19.1 Å². The molecule has 0 saturated heterocycles. The fourth-order valence-corrected chi connectivity index (χ4v) is 2.42. The molecule has 10 heteroatoms. The van der Waals surface area contributed by atoms with Crippen molar-refractivity contribution in [2.75, 3.05) is 19.4 Å². The van der Waals surface area contributed by atoms with Crippen molar-refractivity contribution in [1.29, 1.82) is 5.26 Å². The predicted molar refractivity (Wildman–Crippen MR) is 133 cm³/mol. The second-order valence-corrected chi connectivity index (χ2v) is 7.97. The number of nitrogens with two attached hydrogens (primary N) is 1. The van der Waals surface area contributed by atoms with Crippen molar-refractivity contribution >= 4 is 46.8 Å². The van der Waals surface area contributed by atoms with Crippen LogP contribution in [0.15, 0.2) is 24.1 Å². The minimum atomic E-state index is -0.634. The summed E-state index contributed by atoms with van der Waals surface area (Å²) in [5, 5.41) is 22.5. The van der Waals surface area contributed by atoms with Crippen LogP contribution in [0.5, 0.6) is 5.75 Å². The SMILES string of the molecule is C=CSC.CCCCNC(=O)CC(N)c1cc(Cl)c(O)c(Cl)c1.CCOC(=O)C(C)C#N. The van der Waals surface area contributed by atoms with Crippen LogP contribution < -0.4 is 11.1 Å². The fraction of sp³-hybridized carbons (Fsp3) is 0.500. The molecule has 180 valence electrons. The first-order valence-corrected chi connectivity index (χ1v) is 12.0. The standard InChI is InChI=1S/C13H18Cl2N2O2.C6H9NO2.C3H6S/c1-2-3-4-17-12(18)7-11(16)8-5-9(14)13(19)10(15)6-8;1-3-9-6(8)5(2)4-7;1-3-4-2/h5-6,11,19H,2-4,7,16H2,1H3,(H,17,18);5H,3H2,1-2H3;3H,1H2,2H3. The molecule has 0 aliphatic rings. The number of ether oxygens (including phenoxy) is 1. The van der Waals surface area contributed by atoms with Gasteiger partial charge in [-0.15, -0.1) is 11.8 Å². The average molecular weight is 506 g/mol. The Balaban J connectivity index is 0. The van der Waals surface area contributed by atoms with E-state index in [4.69, 9.17) is 34.2 Å². The summed E-state index contributed by atoms with van der Waals surface area (Å²) in [6, 6.07) is 4.31. The number of hydrogen-bond donors (Lipinski definition) is 3. The first-order chi connectivity index (χ1) is 15.1. The van der Waals surface area contributed by atoms with Gasteiger partial charge in [0.05, 0.1) is 22.7 Å². The topological polar surface area (TPSA) is 125 Å². The molecule has 0 aliphatic carbocycles. The van der Waals surface area contributed by atoms with E-state index in [0.29, 0.717) is 18.7 Å². The molecule has 0 aromatic heterocycles. The molecule has 1 amide bonds. The molecule has 32 heavy (non-hydrogen) atoms. The summed E-state index contributed by atoms with van der Waals surface area (Å²) < 4.78 is 4.53. The second kappa shape index (κ2) is 19.7. The maximum absolute atomic E-state index is 11.6.